The first-order valence-corrected chi connectivity index (χ1v) is 8.97. The van der Waals surface area contributed by atoms with Crippen molar-refractivity contribution in [3.63, 3.8) is 0 Å². The van der Waals surface area contributed by atoms with Gasteiger partial charge in [0.2, 0.25) is 0 Å². The molecule has 24 heavy (non-hydrogen) atoms. The van der Waals surface area contributed by atoms with Gasteiger partial charge in [-0.2, -0.15) is 0 Å². The molecule has 1 fully saturated rings. The Morgan fingerprint density at radius 1 is 1.17 bits per heavy atom. The summed E-state index contributed by atoms with van der Waals surface area (Å²) in [6.07, 6.45) is 0. The second kappa shape index (κ2) is 7.26. The van der Waals surface area contributed by atoms with Gasteiger partial charge in [-0.05, 0) is 49.7 Å². The Morgan fingerprint density at radius 2 is 1.96 bits per heavy atom. The zero-order valence-electron chi connectivity index (χ0n) is 14.0. The molecule has 2 amide bonds. The molecule has 0 aliphatic carbocycles. The van der Waals surface area contributed by atoms with E-state index in [2.05, 4.69) is 64.3 Å². The van der Waals surface area contributed by atoms with Crippen molar-refractivity contribution >= 4 is 33.3 Å². The molecule has 1 aliphatic heterocycles. The smallest absolute Gasteiger partial charge is 0.321 e. The molecule has 3 rings (SSSR count). The molecule has 1 aliphatic rings. The number of hydrogen-bond donors (Lipinski definition) is 1. The van der Waals surface area contributed by atoms with Crippen LogP contribution < -0.4 is 10.2 Å². The number of hydrogen-bond acceptors (Lipinski definition) is 2. The van der Waals surface area contributed by atoms with Crippen LogP contribution in [0.2, 0.25) is 0 Å². The van der Waals surface area contributed by atoms with Crippen LogP contribution >= 0.6 is 15.9 Å². The highest BCUT2D eigenvalue weighted by molar-refractivity contribution is 9.10. The molecule has 1 N–H and O–H groups in total. The van der Waals surface area contributed by atoms with Crippen LogP contribution in [0.25, 0.3) is 0 Å². The maximum Gasteiger partial charge on any atom is 0.321 e. The van der Waals surface area contributed by atoms with Gasteiger partial charge >= 0.3 is 6.03 Å². The van der Waals surface area contributed by atoms with Crippen LogP contribution in [0.15, 0.2) is 53.0 Å². The fourth-order valence-corrected chi connectivity index (χ4v) is 3.50. The summed E-state index contributed by atoms with van der Waals surface area (Å²) in [4.78, 5) is 16.8. The summed E-state index contributed by atoms with van der Waals surface area (Å²) in [5.74, 6) is 0. The van der Waals surface area contributed by atoms with Crippen LogP contribution in [0.4, 0.5) is 16.2 Å². The van der Waals surface area contributed by atoms with E-state index in [4.69, 9.17) is 0 Å². The van der Waals surface area contributed by atoms with Crippen LogP contribution in [0.5, 0.6) is 0 Å². The van der Waals surface area contributed by atoms with Crippen molar-refractivity contribution in [2.45, 2.75) is 19.9 Å². The Kier molecular flexibility index (Phi) is 5.09. The molecule has 1 saturated heterocycles. The average Bonchev–Trinajstić information content (AvgIpc) is 2.54. The van der Waals surface area contributed by atoms with Crippen molar-refractivity contribution in [1.29, 1.82) is 0 Å². The molecule has 0 spiro atoms. The van der Waals surface area contributed by atoms with Crippen LogP contribution in [0.3, 0.4) is 0 Å². The molecule has 0 bridgehead atoms. The molecule has 4 nitrogen and oxygen atoms in total. The highest BCUT2D eigenvalue weighted by atomic mass is 79.9. The highest BCUT2D eigenvalue weighted by Crippen LogP contribution is 2.22. The normalized spacial score (nSPS) is 17.7. The van der Waals surface area contributed by atoms with Crippen molar-refractivity contribution < 1.29 is 4.79 Å². The van der Waals surface area contributed by atoms with Gasteiger partial charge in [-0.25, -0.2) is 4.79 Å². The van der Waals surface area contributed by atoms with E-state index < -0.39 is 0 Å². The predicted octanol–water partition coefficient (Wildman–Crippen LogP) is 4.50. The summed E-state index contributed by atoms with van der Waals surface area (Å²) in [6, 6.07) is 16.4. The highest BCUT2D eigenvalue weighted by Gasteiger charge is 2.27. The number of aryl methyl sites for hydroxylation is 1. The van der Waals surface area contributed by atoms with Gasteiger partial charge in [0.05, 0.1) is 0 Å². The number of nitrogens with one attached hydrogen (secondary N) is 1. The molecule has 5 heteroatoms. The van der Waals surface area contributed by atoms with Crippen molar-refractivity contribution in [2.75, 3.05) is 29.9 Å². The first-order valence-electron chi connectivity index (χ1n) is 8.18. The van der Waals surface area contributed by atoms with E-state index in [9.17, 15) is 4.79 Å². The van der Waals surface area contributed by atoms with Gasteiger partial charge in [-0.3, -0.25) is 0 Å². The first kappa shape index (κ1) is 16.8. The number of benzene rings is 2. The van der Waals surface area contributed by atoms with E-state index in [1.54, 1.807) is 0 Å². The fourth-order valence-electron chi connectivity index (χ4n) is 3.10. The van der Waals surface area contributed by atoms with E-state index in [1.165, 1.54) is 11.3 Å². The van der Waals surface area contributed by atoms with Crippen molar-refractivity contribution in [2.24, 2.45) is 0 Å². The molecule has 0 aromatic heterocycles. The average molecular weight is 388 g/mol. The van der Waals surface area contributed by atoms with E-state index in [0.29, 0.717) is 6.54 Å². The van der Waals surface area contributed by atoms with Crippen LogP contribution in [0, 0.1) is 6.92 Å². The monoisotopic (exact) mass is 387 g/mol. The van der Waals surface area contributed by atoms with Gasteiger partial charge in [0.15, 0.2) is 0 Å². The van der Waals surface area contributed by atoms with E-state index in [0.717, 1.165) is 23.2 Å². The zero-order chi connectivity index (χ0) is 17.1. The minimum absolute atomic E-state index is 0.0381. The number of amides is 2. The van der Waals surface area contributed by atoms with Crippen LogP contribution in [-0.2, 0) is 0 Å². The number of carbonyl (C=O) groups is 1. The fraction of sp³-hybridized carbons (Fsp3) is 0.316. The first-order chi connectivity index (χ1) is 11.5. The maximum atomic E-state index is 12.5. The van der Waals surface area contributed by atoms with Gasteiger partial charge < -0.3 is 15.1 Å². The SMILES string of the molecule is Cc1cccc(N2CCN(C(=O)Nc3cccc(Br)c3)CC2C)c1. The lowest BCUT2D eigenvalue weighted by Gasteiger charge is -2.41. The molecule has 1 heterocycles. The number of rotatable bonds is 2. The second-order valence-corrected chi connectivity index (χ2v) is 7.18. The minimum atomic E-state index is -0.0381. The Balaban J connectivity index is 1.63. The molecular formula is C19H22BrN3O. The molecule has 2 aromatic rings. The topological polar surface area (TPSA) is 35.6 Å². The summed E-state index contributed by atoms with van der Waals surface area (Å²) in [7, 11) is 0. The Labute approximate surface area is 151 Å². The second-order valence-electron chi connectivity index (χ2n) is 6.27. The summed E-state index contributed by atoms with van der Waals surface area (Å²) < 4.78 is 0.956. The molecule has 126 valence electrons. The largest absolute Gasteiger partial charge is 0.365 e. The van der Waals surface area contributed by atoms with Crippen molar-refractivity contribution in [3.05, 3.63) is 58.6 Å². The summed E-state index contributed by atoms with van der Waals surface area (Å²) >= 11 is 3.43. The number of carbonyl (C=O) groups excluding carboxylic acids is 1. The number of anilines is 2. The molecule has 0 saturated carbocycles. The third kappa shape index (κ3) is 3.90. The van der Waals surface area contributed by atoms with Gasteiger partial charge in [0.1, 0.15) is 0 Å². The Morgan fingerprint density at radius 3 is 2.67 bits per heavy atom. The van der Waals surface area contributed by atoms with Crippen LogP contribution in [0.1, 0.15) is 12.5 Å². The lowest BCUT2D eigenvalue weighted by atomic mass is 10.1. The molecule has 1 unspecified atom stereocenters. The number of piperazine rings is 1. The maximum absolute atomic E-state index is 12.5. The van der Waals surface area contributed by atoms with Gasteiger partial charge in [-0.1, -0.05) is 34.1 Å². The minimum Gasteiger partial charge on any atom is -0.365 e. The third-order valence-corrected chi connectivity index (χ3v) is 4.82. The summed E-state index contributed by atoms with van der Waals surface area (Å²) in [5, 5.41) is 2.98. The molecule has 1 atom stereocenters. The van der Waals surface area contributed by atoms with Crippen molar-refractivity contribution in [1.82, 2.24) is 4.90 Å². The third-order valence-electron chi connectivity index (χ3n) is 4.32. The number of halogens is 1. The van der Waals surface area contributed by atoms with E-state index >= 15 is 0 Å². The number of nitrogens with zero attached hydrogens (tertiary/aromatic N) is 2. The predicted molar refractivity (Wildman–Crippen MR) is 103 cm³/mol. The number of urea groups is 1. The van der Waals surface area contributed by atoms with Crippen LogP contribution in [-0.4, -0.2) is 36.6 Å². The zero-order valence-corrected chi connectivity index (χ0v) is 15.6. The van der Waals surface area contributed by atoms with E-state index in [1.807, 2.05) is 29.2 Å². The lowest BCUT2D eigenvalue weighted by molar-refractivity contribution is 0.200. The molecule has 0 radical (unpaired) electrons. The van der Waals surface area contributed by atoms with Gasteiger partial charge in [0, 0.05) is 41.5 Å². The van der Waals surface area contributed by atoms with Crippen molar-refractivity contribution in [3.8, 4) is 0 Å². The summed E-state index contributed by atoms with van der Waals surface area (Å²) in [6.45, 7) is 6.55. The molecule has 2 aromatic carbocycles. The summed E-state index contributed by atoms with van der Waals surface area (Å²) in [5.41, 5.74) is 3.30. The quantitative estimate of drug-likeness (QED) is 0.822. The molecular weight excluding hydrogens is 366 g/mol. The van der Waals surface area contributed by atoms with E-state index in [-0.39, 0.29) is 12.1 Å². The Bertz CT molecular complexity index is 734. The van der Waals surface area contributed by atoms with Gasteiger partial charge in [0.25, 0.3) is 0 Å². The van der Waals surface area contributed by atoms with Gasteiger partial charge in [-0.15, -0.1) is 0 Å². The Hall–Kier alpha value is -2.01. The standard InChI is InChI=1S/C19H22BrN3O/c1-14-5-3-8-18(11-14)23-10-9-22(13-15(23)2)19(24)21-17-7-4-6-16(20)12-17/h3-8,11-12,15H,9-10,13H2,1-2H3,(H,21,24). The lowest BCUT2D eigenvalue weighted by Crippen LogP contribution is -2.54.